The van der Waals surface area contributed by atoms with Crippen molar-refractivity contribution in [2.45, 2.75) is 34.0 Å². The molecule has 0 N–H and O–H groups in total. The normalized spacial score (nSPS) is 23.2. The maximum Gasteiger partial charge on any atom is 0.160 e. The Labute approximate surface area is 184 Å². The van der Waals surface area contributed by atoms with Crippen LogP contribution < -0.4 is 0 Å². The van der Waals surface area contributed by atoms with Gasteiger partial charge in [0.15, 0.2) is 5.17 Å². The second-order valence-electron chi connectivity index (χ2n) is 7.23. The second kappa shape index (κ2) is 8.05. The Kier molecular flexibility index (Phi) is 5.29. The van der Waals surface area contributed by atoms with Crippen molar-refractivity contribution in [3.8, 4) is 0 Å². The average molecular weight is 438 g/mol. The first-order chi connectivity index (χ1) is 14.2. The van der Waals surface area contributed by atoms with E-state index in [2.05, 4.69) is 59.3 Å². The van der Waals surface area contributed by atoms with Crippen LogP contribution in [0.25, 0.3) is 0 Å². The summed E-state index contributed by atoms with van der Waals surface area (Å²) in [5.41, 5.74) is 2.33. The van der Waals surface area contributed by atoms with E-state index in [-0.39, 0.29) is 12.1 Å². The number of thioether (sulfide) groups is 1. The minimum Gasteiger partial charge on any atom is -0.341 e. The van der Waals surface area contributed by atoms with Crippen molar-refractivity contribution in [2.75, 3.05) is 6.54 Å². The maximum atomic E-state index is 6.07. The fourth-order valence-electron chi connectivity index (χ4n) is 3.90. The largest absolute Gasteiger partial charge is 0.341 e. The molecule has 2 aliphatic rings. The van der Waals surface area contributed by atoms with E-state index in [0.29, 0.717) is 5.25 Å². The topological polar surface area (TPSA) is 28.5 Å². The molecule has 0 aliphatic carbocycles. The van der Waals surface area contributed by atoms with Crippen LogP contribution in [0.15, 0.2) is 87.7 Å². The van der Waals surface area contributed by atoms with E-state index < -0.39 is 0 Å². The summed E-state index contributed by atoms with van der Waals surface area (Å²) >= 11 is 9.72. The van der Waals surface area contributed by atoms with Gasteiger partial charge in [-0.05, 0) is 48.0 Å². The average Bonchev–Trinajstić information content (AvgIpc) is 3.27. The number of rotatable bonds is 4. The summed E-state index contributed by atoms with van der Waals surface area (Å²) in [5.74, 6) is 0. The molecule has 0 unspecified atom stereocenters. The molecule has 0 spiro atoms. The van der Waals surface area contributed by atoms with Gasteiger partial charge in [0.05, 0.1) is 11.7 Å². The van der Waals surface area contributed by atoms with Crippen molar-refractivity contribution in [3.05, 3.63) is 89.2 Å². The molecule has 3 aromatic rings. The molecule has 2 aromatic carbocycles. The van der Waals surface area contributed by atoms with Crippen molar-refractivity contribution in [1.29, 1.82) is 0 Å². The lowest BCUT2D eigenvalue weighted by Gasteiger charge is -2.29. The number of hydrogen-bond donors (Lipinski definition) is 0. The lowest BCUT2D eigenvalue weighted by molar-refractivity contribution is 0.317. The number of fused-ring (bicyclic) bond motifs is 1. The minimum absolute atomic E-state index is 0.0122. The standard InChI is InChI=1S/C23H20ClN3S2/c1-15-14-27-22(21(26-23(27)28-15)19-7-4-5-13-25-19)18-6-2-3-8-20(18)29-17-11-9-16(24)10-12-17/h2-13,15,21-22H,14H2,1H3/t15-,21-,22-/m1/s1. The van der Waals surface area contributed by atoms with E-state index in [1.54, 1.807) is 11.8 Å². The predicted octanol–water partition coefficient (Wildman–Crippen LogP) is 6.48. The van der Waals surface area contributed by atoms with Crippen LogP contribution in [0.5, 0.6) is 0 Å². The zero-order valence-electron chi connectivity index (χ0n) is 15.9. The molecule has 1 saturated heterocycles. The number of pyridine rings is 1. The van der Waals surface area contributed by atoms with Gasteiger partial charge in [-0.3, -0.25) is 9.98 Å². The summed E-state index contributed by atoms with van der Waals surface area (Å²) in [6.07, 6.45) is 1.86. The van der Waals surface area contributed by atoms with E-state index in [1.165, 1.54) is 15.4 Å². The molecular formula is C23H20ClN3S2. The number of aromatic nitrogens is 1. The summed E-state index contributed by atoms with van der Waals surface area (Å²) in [4.78, 5) is 14.6. The molecule has 3 nitrogen and oxygen atoms in total. The highest BCUT2D eigenvalue weighted by Gasteiger charge is 2.44. The van der Waals surface area contributed by atoms with Crippen LogP contribution in [0.4, 0.5) is 0 Å². The Morgan fingerprint density at radius 1 is 1.03 bits per heavy atom. The van der Waals surface area contributed by atoms with Crippen LogP contribution in [0.2, 0.25) is 5.02 Å². The Balaban J connectivity index is 1.55. The monoisotopic (exact) mass is 437 g/mol. The summed E-state index contributed by atoms with van der Waals surface area (Å²) in [7, 11) is 0. The summed E-state index contributed by atoms with van der Waals surface area (Å²) in [6.45, 7) is 3.28. The molecule has 6 heteroatoms. The van der Waals surface area contributed by atoms with Crippen LogP contribution in [0, 0.1) is 0 Å². The van der Waals surface area contributed by atoms with Crippen molar-refractivity contribution < 1.29 is 0 Å². The van der Waals surface area contributed by atoms with Gasteiger partial charge in [0.2, 0.25) is 0 Å². The van der Waals surface area contributed by atoms with Gasteiger partial charge in [-0.15, -0.1) is 0 Å². The minimum atomic E-state index is 0.0122. The first-order valence-electron chi connectivity index (χ1n) is 9.63. The van der Waals surface area contributed by atoms with E-state index in [1.807, 2.05) is 42.2 Å². The van der Waals surface area contributed by atoms with Gasteiger partial charge in [0.25, 0.3) is 0 Å². The number of hydrogen-bond acceptors (Lipinski definition) is 5. The second-order valence-corrected chi connectivity index (χ2v) is 10.2. The first kappa shape index (κ1) is 19.0. The predicted molar refractivity (Wildman–Crippen MR) is 123 cm³/mol. The summed E-state index contributed by atoms with van der Waals surface area (Å²) in [5, 5.41) is 2.45. The Morgan fingerprint density at radius 2 is 1.83 bits per heavy atom. The molecular weight excluding hydrogens is 418 g/mol. The van der Waals surface area contributed by atoms with E-state index in [9.17, 15) is 0 Å². The van der Waals surface area contributed by atoms with Gasteiger partial charge in [0, 0.05) is 32.8 Å². The Bertz CT molecular complexity index is 1040. The Hall–Kier alpha value is -1.95. The van der Waals surface area contributed by atoms with Crippen LogP contribution >= 0.6 is 35.1 Å². The van der Waals surface area contributed by atoms with Crippen LogP contribution in [0.1, 0.15) is 30.3 Å². The summed E-state index contributed by atoms with van der Waals surface area (Å²) < 4.78 is 0. The molecule has 0 radical (unpaired) electrons. The molecule has 1 fully saturated rings. The molecule has 3 heterocycles. The van der Waals surface area contributed by atoms with Gasteiger partial charge in [-0.1, -0.05) is 66.3 Å². The highest BCUT2D eigenvalue weighted by atomic mass is 35.5. The third-order valence-corrected chi connectivity index (χ3v) is 7.61. The lowest BCUT2D eigenvalue weighted by atomic mass is 9.96. The SMILES string of the molecule is C[C@@H]1CN2C(=N[C@H](c3ccccn3)[C@H]2c2ccccc2Sc2ccc(Cl)cc2)S1. The number of halogens is 1. The van der Waals surface area contributed by atoms with Crippen molar-refractivity contribution in [1.82, 2.24) is 9.88 Å². The van der Waals surface area contributed by atoms with E-state index in [4.69, 9.17) is 16.6 Å². The molecule has 5 rings (SSSR count). The number of nitrogens with zero attached hydrogens (tertiary/aromatic N) is 3. The number of benzene rings is 2. The zero-order chi connectivity index (χ0) is 19.8. The zero-order valence-corrected chi connectivity index (χ0v) is 18.3. The third kappa shape index (κ3) is 3.79. The molecule has 146 valence electrons. The van der Waals surface area contributed by atoms with Crippen molar-refractivity contribution in [3.63, 3.8) is 0 Å². The smallest absolute Gasteiger partial charge is 0.160 e. The highest BCUT2D eigenvalue weighted by molar-refractivity contribution is 8.14. The Morgan fingerprint density at radius 3 is 2.62 bits per heavy atom. The molecule has 0 amide bonds. The lowest BCUT2D eigenvalue weighted by Crippen LogP contribution is -2.28. The van der Waals surface area contributed by atoms with Crippen LogP contribution in [0.3, 0.4) is 0 Å². The van der Waals surface area contributed by atoms with Gasteiger partial charge >= 0.3 is 0 Å². The fourth-order valence-corrected chi connectivity index (χ4v) is 6.10. The molecule has 29 heavy (non-hydrogen) atoms. The molecule has 0 saturated carbocycles. The van der Waals surface area contributed by atoms with Crippen molar-refractivity contribution >= 4 is 40.3 Å². The number of aliphatic imine (C=N–C) groups is 1. The van der Waals surface area contributed by atoms with Gasteiger partial charge in [-0.25, -0.2) is 0 Å². The van der Waals surface area contributed by atoms with Crippen LogP contribution in [-0.4, -0.2) is 26.8 Å². The van der Waals surface area contributed by atoms with Gasteiger partial charge in [0.1, 0.15) is 6.04 Å². The van der Waals surface area contributed by atoms with Gasteiger partial charge in [-0.2, -0.15) is 0 Å². The van der Waals surface area contributed by atoms with Gasteiger partial charge < -0.3 is 4.90 Å². The quantitative estimate of drug-likeness (QED) is 0.467. The van der Waals surface area contributed by atoms with Crippen molar-refractivity contribution in [2.24, 2.45) is 4.99 Å². The van der Waals surface area contributed by atoms with Crippen LogP contribution in [-0.2, 0) is 0 Å². The molecule has 2 aliphatic heterocycles. The third-order valence-electron chi connectivity index (χ3n) is 5.16. The number of amidine groups is 1. The molecule has 1 aromatic heterocycles. The van der Waals surface area contributed by atoms with E-state index in [0.717, 1.165) is 22.4 Å². The highest BCUT2D eigenvalue weighted by Crippen LogP contribution is 2.49. The first-order valence-corrected chi connectivity index (χ1v) is 11.7. The molecule has 0 bridgehead atoms. The summed E-state index contributed by atoms with van der Waals surface area (Å²) in [6, 6.07) is 23.0. The maximum absolute atomic E-state index is 6.07. The fraction of sp³-hybridized carbons (Fsp3) is 0.217. The molecule has 3 atom stereocenters. The van der Waals surface area contributed by atoms with E-state index >= 15 is 0 Å².